The second-order valence-electron chi connectivity index (χ2n) is 5.89. The largest absolute Gasteiger partial charge is 0.503 e. The van der Waals surface area contributed by atoms with Crippen molar-refractivity contribution >= 4 is 23.2 Å². The van der Waals surface area contributed by atoms with Crippen LogP contribution >= 0.6 is 11.6 Å². The number of hydrogen-bond donors (Lipinski definition) is 2. The Hall–Kier alpha value is -3.25. The fourth-order valence-corrected chi connectivity index (χ4v) is 2.81. The van der Waals surface area contributed by atoms with E-state index in [0.717, 1.165) is 6.42 Å². The lowest BCUT2D eigenvalue weighted by molar-refractivity contribution is 0.101. The molecule has 0 aliphatic heterocycles. The number of pyridine rings is 1. The molecule has 144 valence electrons. The molecule has 1 heterocycles. The van der Waals surface area contributed by atoms with E-state index in [1.807, 2.05) is 30.3 Å². The predicted octanol–water partition coefficient (Wildman–Crippen LogP) is 4.32. The zero-order valence-corrected chi connectivity index (χ0v) is 15.9. The average Bonchev–Trinajstić information content (AvgIpc) is 2.70. The van der Waals surface area contributed by atoms with Crippen LogP contribution in [0, 0.1) is 0 Å². The summed E-state index contributed by atoms with van der Waals surface area (Å²) in [6, 6.07) is 16.4. The monoisotopic (exact) mass is 398 g/mol. The van der Waals surface area contributed by atoms with Crippen LogP contribution in [0.15, 0.2) is 60.8 Å². The third-order valence-corrected chi connectivity index (χ3v) is 4.30. The summed E-state index contributed by atoms with van der Waals surface area (Å²) in [5, 5.41) is 13.0. The highest BCUT2D eigenvalue weighted by atomic mass is 35.5. The first-order chi connectivity index (χ1) is 13.6. The van der Waals surface area contributed by atoms with E-state index >= 15 is 0 Å². The summed E-state index contributed by atoms with van der Waals surface area (Å²) in [7, 11) is 1.40. The van der Waals surface area contributed by atoms with E-state index in [0.29, 0.717) is 23.1 Å². The van der Waals surface area contributed by atoms with Crippen LogP contribution in [0.5, 0.6) is 17.2 Å². The quantitative estimate of drug-likeness (QED) is 0.619. The molecular weight excluding hydrogens is 380 g/mol. The summed E-state index contributed by atoms with van der Waals surface area (Å²) >= 11 is 6.26. The number of carbonyl (C=O) groups excluding carboxylic acids is 1. The van der Waals surface area contributed by atoms with Crippen LogP contribution in [-0.4, -0.2) is 29.7 Å². The predicted molar refractivity (Wildman–Crippen MR) is 108 cm³/mol. The number of nitrogens with one attached hydrogen (secondary N) is 1. The van der Waals surface area contributed by atoms with Crippen LogP contribution in [0.4, 0.5) is 5.69 Å². The molecule has 0 aliphatic carbocycles. The van der Waals surface area contributed by atoms with Crippen LogP contribution in [0.3, 0.4) is 0 Å². The van der Waals surface area contributed by atoms with Crippen LogP contribution in [0.25, 0.3) is 0 Å². The topological polar surface area (TPSA) is 80.7 Å². The number of aromatic hydroxyl groups is 1. The lowest BCUT2D eigenvalue weighted by atomic mass is 10.2. The Bertz CT molecular complexity index is 964. The van der Waals surface area contributed by atoms with Gasteiger partial charge in [0.05, 0.1) is 18.7 Å². The molecule has 0 bridgehead atoms. The van der Waals surface area contributed by atoms with E-state index in [4.69, 9.17) is 21.1 Å². The average molecular weight is 399 g/mol. The van der Waals surface area contributed by atoms with Gasteiger partial charge in [0, 0.05) is 24.4 Å². The van der Waals surface area contributed by atoms with Gasteiger partial charge in [0.25, 0.3) is 5.91 Å². The molecule has 0 saturated heterocycles. The van der Waals surface area contributed by atoms with Crippen molar-refractivity contribution in [2.24, 2.45) is 0 Å². The summed E-state index contributed by atoms with van der Waals surface area (Å²) in [4.78, 5) is 16.3. The van der Waals surface area contributed by atoms with Gasteiger partial charge in [-0.2, -0.15) is 0 Å². The smallest absolute Gasteiger partial charge is 0.278 e. The Balaban J connectivity index is 1.63. The number of carbonyl (C=O) groups is 1. The number of nitrogens with zero attached hydrogens (tertiary/aromatic N) is 1. The van der Waals surface area contributed by atoms with Gasteiger partial charge < -0.3 is 19.9 Å². The Morgan fingerprint density at radius 3 is 2.64 bits per heavy atom. The SMILES string of the molecule is COc1ccnc(C(=O)Nc2ccc(OCCc3ccccc3)c(Cl)c2)c1O. The van der Waals surface area contributed by atoms with E-state index in [2.05, 4.69) is 10.3 Å². The number of halogens is 1. The molecule has 0 atom stereocenters. The standard InChI is InChI=1S/C21H19ClN2O4/c1-27-18-9-11-23-19(20(18)25)21(26)24-15-7-8-17(16(22)13-15)28-12-10-14-5-3-2-4-6-14/h2-9,11,13,25H,10,12H2,1H3,(H,24,26). The molecule has 2 N–H and O–H groups in total. The molecule has 1 amide bonds. The van der Waals surface area contributed by atoms with Crippen LogP contribution in [0.2, 0.25) is 5.02 Å². The third-order valence-electron chi connectivity index (χ3n) is 4.00. The molecular formula is C21H19ClN2O4. The Labute approximate surface area is 167 Å². The summed E-state index contributed by atoms with van der Waals surface area (Å²) in [5.41, 5.74) is 1.49. The third kappa shape index (κ3) is 4.72. The van der Waals surface area contributed by atoms with Crippen LogP contribution in [-0.2, 0) is 6.42 Å². The van der Waals surface area contributed by atoms with Gasteiger partial charge in [-0.15, -0.1) is 0 Å². The fourth-order valence-electron chi connectivity index (χ4n) is 2.58. The fraction of sp³-hybridized carbons (Fsp3) is 0.143. The first-order valence-electron chi connectivity index (χ1n) is 8.58. The van der Waals surface area contributed by atoms with Crippen LogP contribution in [0.1, 0.15) is 16.1 Å². The minimum absolute atomic E-state index is 0.140. The highest BCUT2D eigenvalue weighted by Crippen LogP contribution is 2.30. The van der Waals surface area contributed by atoms with Crippen molar-refractivity contribution in [3.05, 3.63) is 77.1 Å². The number of hydrogen-bond acceptors (Lipinski definition) is 5. The first kappa shape index (κ1) is 19.5. The van der Waals surface area contributed by atoms with Gasteiger partial charge in [0.2, 0.25) is 0 Å². The molecule has 3 aromatic rings. The minimum atomic E-state index is -0.579. The lowest BCUT2D eigenvalue weighted by Crippen LogP contribution is -2.14. The number of aromatic nitrogens is 1. The summed E-state index contributed by atoms with van der Waals surface area (Å²) in [5.74, 6) is -0.210. The lowest BCUT2D eigenvalue weighted by Gasteiger charge is -2.11. The van der Waals surface area contributed by atoms with Crippen molar-refractivity contribution in [2.75, 3.05) is 19.0 Å². The zero-order chi connectivity index (χ0) is 19.9. The number of rotatable bonds is 7. The van der Waals surface area contributed by atoms with Crippen molar-refractivity contribution in [3.8, 4) is 17.2 Å². The van der Waals surface area contributed by atoms with Gasteiger partial charge >= 0.3 is 0 Å². The van der Waals surface area contributed by atoms with Crippen molar-refractivity contribution in [3.63, 3.8) is 0 Å². The van der Waals surface area contributed by atoms with E-state index in [1.165, 1.54) is 24.9 Å². The summed E-state index contributed by atoms with van der Waals surface area (Å²) < 4.78 is 10.7. The van der Waals surface area contributed by atoms with Gasteiger partial charge in [-0.05, 0) is 23.8 Å². The number of ether oxygens (including phenoxy) is 2. The van der Waals surface area contributed by atoms with Gasteiger partial charge in [-0.25, -0.2) is 4.98 Å². The molecule has 0 spiro atoms. The van der Waals surface area contributed by atoms with Gasteiger partial charge in [-0.3, -0.25) is 4.79 Å². The van der Waals surface area contributed by atoms with E-state index in [1.54, 1.807) is 18.2 Å². The maximum atomic E-state index is 12.4. The molecule has 1 aromatic heterocycles. The molecule has 0 aliphatic rings. The van der Waals surface area contributed by atoms with Crippen molar-refractivity contribution in [2.45, 2.75) is 6.42 Å². The zero-order valence-electron chi connectivity index (χ0n) is 15.2. The molecule has 0 radical (unpaired) electrons. The Morgan fingerprint density at radius 1 is 1.14 bits per heavy atom. The van der Waals surface area contributed by atoms with E-state index < -0.39 is 5.91 Å². The van der Waals surface area contributed by atoms with Gasteiger partial charge in [-0.1, -0.05) is 41.9 Å². The maximum absolute atomic E-state index is 12.4. The van der Waals surface area contributed by atoms with Gasteiger partial charge in [0.1, 0.15) is 5.75 Å². The Morgan fingerprint density at radius 2 is 1.93 bits per heavy atom. The number of methoxy groups -OCH3 is 1. The first-order valence-corrected chi connectivity index (χ1v) is 8.96. The highest BCUT2D eigenvalue weighted by Gasteiger charge is 2.17. The second-order valence-corrected chi connectivity index (χ2v) is 6.30. The van der Waals surface area contributed by atoms with Crippen molar-refractivity contribution in [1.29, 1.82) is 0 Å². The molecule has 3 rings (SSSR count). The van der Waals surface area contributed by atoms with Crippen molar-refractivity contribution in [1.82, 2.24) is 4.98 Å². The number of benzene rings is 2. The maximum Gasteiger partial charge on any atom is 0.278 e. The molecule has 7 heteroatoms. The molecule has 28 heavy (non-hydrogen) atoms. The molecule has 0 unspecified atom stereocenters. The second kappa shape index (κ2) is 9.10. The molecule has 6 nitrogen and oxygen atoms in total. The molecule has 0 fully saturated rings. The van der Waals surface area contributed by atoms with E-state index in [-0.39, 0.29) is 17.2 Å². The van der Waals surface area contributed by atoms with Gasteiger partial charge in [0.15, 0.2) is 17.2 Å². The highest BCUT2D eigenvalue weighted by molar-refractivity contribution is 6.32. The number of anilines is 1. The van der Waals surface area contributed by atoms with Crippen LogP contribution < -0.4 is 14.8 Å². The van der Waals surface area contributed by atoms with E-state index in [9.17, 15) is 9.90 Å². The Kier molecular flexibility index (Phi) is 6.34. The summed E-state index contributed by atoms with van der Waals surface area (Å²) in [6.07, 6.45) is 2.14. The molecule has 2 aromatic carbocycles. The number of amides is 1. The molecule has 0 saturated carbocycles. The van der Waals surface area contributed by atoms with Crippen molar-refractivity contribution < 1.29 is 19.4 Å². The minimum Gasteiger partial charge on any atom is -0.503 e. The normalized spacial score (nSPS) is 10.4. The summed E-state index contributed by atoms with van der Waals surface area (Å²) in [6.45, 7) is 0.483.